The molecule has 1 unspecified atom stereocenters. The molecule has 2 aromatic rings. The van der Waals surface area contributed by atoms with E-state index in [1.165, 1.54) is 0 Å². The van der Waals surface area contributed by atoms with E-state index in [4.69, 9.17) is 9.47 Å². The molecule has 0 heterocycles. The molecule has 0 saturated carbocycles. The smallest absolute Gasteiger partial charge is 0.407 e. The lowest BCUT2D eigenvalue weighted by atomic mass is 9.98. The SMILES string of the molecule is CCOC(=O)CN(Cc1ccccc1)C(C)[C@@H](Cc1ccccc1)NC(=O)OC(C)(C)C. The summed E-state index contributed by atoms with van der Waals surface area (Å²) < 4.78 is 10.7. The van der Waals surface area contributed by atoms with Crippen LogP contribution in [-0.4, -0.2) is 47.8 Å². The highest BCUT2D eigenvalue weighted by molar-refractivity contribution is 5.71. The Morgan fingerprint density at radius 2 is 1.53 bits per heavy atom. The van der Waals surface area contributed by atoms with Gasteiger partial charge in [-0.2, -0.15) is 0 Å². The molecule has 6 nitrogen and oxygen atoms in total. The lowest BCUT2D eigenvalue weighted by Crippen LogP contribution is -2.53. The van der Waals surface area contributed by atoms with Gasteiger partial charge in [-0.3, -0.25) is 9.69 Å². The highest BCUT2D eigenvalue weighted by atomic mass is 16.6. The van der Waals surface area contributed by atoms with Crippen LogP contribution in [0.4, 0.5) is 4.79 Å². The summed E-state index contributed by atoms with van der Waals surface area (Å²) in [6.07, 6.45) is 0.135. The number of esters is 1. The van der Waals surface area contributed by atoms with E-state index in [1.54, 1.807) is 6.92 Å². The molecule has 0 aromatic heterocycles. The van der Waals surface area contributed by atoms with Gasteiger partial charge in [0.1, 0.15) is 5.60 Å². The van der Waals surface area contributed by atoms with Crippen molar-refractivity contribution in [2.75, 3.05) is 13.2 Å². The van der Waals surface area contributed by atoms with Crippen molar-refractivity contribution >= 4 is 12.1 Å². The van der Waals surface area contributed by atoms with Crippen LogP contribution in [0, 0.1) is 0 Å². The third kappa shape index (κ3) is 9.10. The number of alkyl carbamates (subject to hydrolysis) is 1. The fraction of sp³-hybridized carbons (Fsp3) is 0.462. The largest absolute Gasteiger partial charge is 0.465 e. The number of ether oxygens (including phenoxy) is 2. The molecular formula is C26H36N2O4. The minimum absolute atomic E-state index is 0.130. The summed E-state index contributed by atoms with van der Waals surface area (Å²) in [6, 6.07) is 19.5. The number of hydrogen-bond donors (Lipinski definition) is 1. The van der Waals surface area contributed by atoms with Crippen molar-refractivity contribution in [3.8, 4) is 0 Å². The van der Waals surface area contributed by atoms with E-state index in [-0.39, 0.29) is 24.6 Å². The summed E-state index contributed by atoms with van der Waals surface area (Å²) in [4.78, 5) is 27.0. The van der Waals surface area contributed by atoms with Gasteiger partial charge in [-0.1, -0.05) is 60.7 Å². The van der Waals surface area contributed by atoms with Crippen molar-refractivity contribution in [2.24, 2.45) is 0 Å². The molecule has 1 N–H and O–H groups in total. The van der Waals surface area contributed by atoms with Crippen LogP contribution in [0.2, 0.25) is 0 Å². The average Bonchev–Trinajstić information content (AvgIpc) is 2.72. The van der Waals surface area contributed by atoms with Crippen LogP contribution >= 0.6 is 0 Å². The molecule has 0 fully saturated rings. The van der Waals surface area contributed by atoms with Crippen LogP contribution < -0.4 is 5.32 Å². The van der Waals surface area contributed by atoms with Crippen LogP contribution in [0.1, 0.15) is 45.7 Å². The topological polar surface area (TPSA) is 67.9 Å². The van der Waals surface area contributed by atoms with E-state index in [9.17, 15) is 9.59 Å². The van der Waals surface area contributed by atoms with Gasteiger partial charge in [0.05, 0.1) is 19.2 Å². The molecule has 0 aliphatic heterocycles. The van der Waals surface area contributed by atoms with E-state index in [1.807, 2.05) is 93.3 Å². The second-order valence-corrected chi connectivity index (χ2v) is 8.88. The standard InChI is InChI=1S/C26H36N2O4/c1-6-31-24(29)19-28(18-22-15-11-8-12-16-22)20(2)23(17-21-13-9-7-10-14-21)27-25(30)32-26(3,4)5/h7-16,20,23H,6,17-19H2,1-5H3,(H,27,30)/t20?,23-/m1/s1. The van der Waals surface area contributed by atoms with Crippen LogP contribution in [0.5, 0.6) is 0 Å². The first kappa shape index (κ1) is 25.4. The Morgan fingerprint density at radius 1 is 0.969 bits per heavy atom. The molecule has 0 aliphatic carbocycles. The minimum Gasteiger partial charge on any atom is -0.465 e. The second kappa shape index (κ2) is 12.2. The highest BCUT2D eigenvalue weighted by Gasteiger charge is 2.29. The van der Waals surface area contributed by atoms with E-state index in [0.717, 1.165) is 11.1 Å². The maximum atomic E-state index is 12.6. The lowest BCUT2D eigenvalue weighted by molar-refractivity contribution is -0.145. The lowest BCUT2D eigenvalue weighted by Gasteiger charge is -2.35. The first-order valence-electron chi connectivity index (χ1n) is 11.1. The number of hydrogen-bond acceptors (Lipinski definition) is 5. The van der Waals surface area contributed by atoms with Crippen LogP contribution in [-0.2, 0) is 27.2 Å². The fourth-order valence-corrected chi connectivity index (χ4v) is 3.46. The third-order valence-electron chi connectivity index (χ3n) is 5.02. The molecule has 0 saturated heterocycles. The summed E-state index contributed by atoms with van der Waals surface area (Å²) in [6.45, 7) is 10.3. The highest BCUT2D eigenvalue weighted by Crippen LogP contribution is 2.16. The Kier molecular flexibility index (Phi) is 9.72. The zero-order chi connectivity index (χ0) is 23.6. The van der Waals surface area contributed by atoms with E-state index in [2.05, 4.69) is 5.32 Å². The second-order valence-electron chi connectivity index (χ2n) is 8.88. The molecule has 0 radical (unpaired) electrons. The van der Waals surface area contributed by atoms with Gasteiger partial charge >= 0.3 is 12.1 Å². The third-order valence-corrected chi connectivity index (χ3v) is 5.02. The summed E-state index contributed by atoms with van der Waals surface area (Å²) in [5.74, 6) is -0.286. The fourth-order valence-electron chi connectivity index (χ4n) is 3.46. The van der Waals surface area contributed by atoms with Gasteiger partial charge in [0.15, 0.2) is 0 Å². The Bertz CT molecular complexity index is 834. The summed E-state index contributed by atoms with van der Waals surface area (Å²) >= 11 is 0. The molecule has 174 valence electrons. The molecule has 2 atom stereocenters. The van der Waals surface area contributed by atoms with Gasteiger partial charge in [-0.15, -0.1) is 0 Å². The van der Waals surface area contributed by atoms with Crippen molar-refractivity contribution < 1.29 is 19.1 Å². The van der Waals surface area contributed by atoms with Crippen LogP contribution in [0.15, 0.2) is 60.7 Å². The van der Waals surface area contributed by atoms with E-state index in [0.29, 0.717) is 19.6 Å². The number of nitrogens with zero attached hydrogens (tertiary/aromatic N) is 1. The molecule has 1 amide bonds. The molecule has 0 bridgehead atoms. The predicted molar refractivity (Wildman–Crippen MR) is 126 cm³/mol. The maximum Gasteiger partial charge on any atom is 0.407 e. The number of carbonyl (C=O) groups is 2. The first-order chi connectivity index (χ1) is 15.2. The number of rotatable bonds is 10. The Balaban J connectivity index is 2.27. The summed E-state index contributed by atoms with van der Waals surface area (Å²) in [7, 11) is 0. The van der Waals surface area contributed by atoms with Crippen molar-refractivity contribution in [3.05, 3.63) is 71.8 Å². The van der Waals surface area contributed by atoms with Crippen molar-refractivity contribution in [1.29, 1.82) is 0 Å². The molecule has 2 aromatic carbocycles. The number of carbonyl (C=O) groups excluding carboxylic acids is 2. The van der Waals surface area contributed by atoms with Crippen LogP contribution in [0.3, 0.4) is 0 Å². The molecule has 0 aliphatic rings. The number of benzene rings is 2. The van der Waals surface area contributed by atoms with Crippen molar-refractivity contribution in [3.63, 3.8) is 0 Å². The monoisotopic (exact) mass is 440 g/mol. The van der Waals surface area contributed by atoms with Gasteiger partial charge in [-0.05, 0) is 52.2 Å². The minimum atomic E-state index is -0.598. The van der Waals surface area contributed by atoms with E-state index >= 15 is 0 Å². The molecular weight excluding hydrogens is 404 g/mol. The number of nitrogens with one attached hydrogen (secondary N) is 1. The number of amides is 1. The Labute approximate surface area is 191 Å². The van der Waals surface area contributed by atoms with Gasteiger partial charge in [0.2, 0.25) is 0 Å². The quantitative estimate of drug-likeness (QED) is 0.548. The van der Waals surface area contributed by atoms with Gasteiger partial charge in [0, 0.05) is 12.6 Å². The Morgan fingerprint density at radius 3 is 2.06 bits per heavy atom. The molecule has 32 heavy (non-hydrogen) atoms. The van der Waals surface area contributed by atoms with E-state index < -0.39 is 11.7 Å². The first-order valence-corrected chi connectivity index (χ1v) is 11.1. The average molecular weight is 441 g/mol. The summed E-state index contributed by atoms with van der Waals surface area (Å²) in [5.41, 5.74) is 1.58. The molecule has 0 spiro atoms. The zero-order valence-electron chi connectivity index (χ0n) is 19.8. The van der Waals surface area contributed by atoms with Gasteiger partial charge in [-0.25, -0.2) is 4.79 Å². The Hall–Kier alpha value is -2.86. The predicted octanol–water partition coefficient (Wildman–Crippen LogP) is 4.58. The van der Waals surface area contributed by atoms with Gasteiger partial charge < -0.3 is 14.8 Å². The van der Waals surface area contributed by atoms with Crippen molar-refractivity contribution in [2.45, 2.75) is 65.3 Å². The summed E-state index contributed by atoms with van der Waals surface area (Å²) in [5, 5.41) is 3.04. The normalized spacial score (nSPS) is 13.3. The zero-order valence-corrected chi connectivity index (χ0v) is 19.8. The van der Waals surface area contributed by atoms with Crippen molar-refractivity contribution in [1.82, 2.24) is 10.2 Å². The molecule has 2 rings (SSSR count). The van der Waals surface area contributed by atoms with Crippen LogP contribution in [0.25, 0.3) is 0 Å². The molecule has 6 heteroatoms. The maximum absolute atomic E-state index is 12.6. The van der Waals surface area contributed by atoms with Gasteiger partial charge in [0.25, 0.3) is 0 Å².